The van der Waals surface area contributed by atoms with Crippen molar-refractivity contribution in [2.75, 3.05) is 6.61 Å². The van der Waals surface area contributed by atoms with Crippen LogP contribution in [-0.2, 0) is 23.8 Å². The molecule has 5 fully saturated rings. The standard InChI is InChI=1S/C26H37NO5/c1-6-30-23-24(5)9-7-10-26(14-27-23)19-12-18-8-11-25(19,13-15(18)2)22(32-17(4)29)20(21(24)26)31-16(3)28/h14,18-23H,2,6-13H2,1,3-5H3/t18-,19+,20-,21+,22+,23-,24+,25+,26+/m0/s1. The number of hydrogen-bond acceptors (Lipinski definition) is 6. The van der Waals surface area contributed by atoms with Crippen molar-refractivity contribution in [3.63, 3.8) is 0 Å². The van der Waals surface area contributed by atoms with Crippen molar-refractivity contribution in [3.8, 4) is 0 Å². The number of hydrogen-bond donors (Lipinski definition) is 0. The van der Waals surface area contributed by atoms with E-state index in [0.717, 1.165) is 44.9 Å². The van der Waals surface area contributed by atoms with E-state index in [-0.39, 0.29) is 40.3 Å². The lowest BCUT2D eigenvalue weighted by atomic mass is 9.34. The number of nitrogens with zero attached hydrogens (tertiary/aromatic N) is 1. The summed E-state index contributed by atoms with van der Waals surface area (Å²) in [6.45, 7) is 12.2. The van der Waals surface area contributed by atoms with Gasteiger partial charge in [0, 0.05) is 48.8 Å². The van der Waals surface area contributed by atoms with Crippen LogP contribution >= 0.6 is 0 Å². The Kier molecular flexibility index (Phi) is 5.12. The Balaban J connectivity index is 1.73. The molecule has 0 amide bonds. The number of esters is 2. The predicted molar refractivity (Wildman–Crippen MR) is 120 cm³/mol. The van der Waals surface area contributed by atoms with Crippen molar-refractivity contribution >= 4 is 18.2 Å². The van der Waals surface area contributed by atoms with Crippen LogP contribution < -0.4 is 0 Å². The van der Waals surface area contributed by atoms with Gasteiger partial charge in [0.05, 0.1) is 0 Å². The van der Waals surface area contributed by atoms with Crippen molar-refractivity contribution in [2.45, 2.75) is 91.1 Å². The summed E-state index contributed by atoms with van der Waals surface area (Å²) in [6.07, 6.45) is 7.99. The SMILES string of the molecule is C=C1C[C@]23CC[C@H]1C[C@H]2[C@]12C=N[C@@H](OCC)[C@](C)(CCC1)[C@H]2[C@H](OC(C)=O)[C@H]3OC(C)=O. The minimum atomic E-state index is -0.505. The highest BCUT2D eigenvalue weighted by molar-refractivity contribution is 5.72. The van der Waals surface area contributed by atoms with Gasteiger partial charge < -0.3 is 14.2 Å². The van der Waals surface area contributed by atoms with Crippen molar-refractivity contribution in [3.05, 3.63) is 12.2 Å². The zero-order valence-corrected chi connectivity index (χ0v) is 19.9. The van der Waals surface area contributed by atoms with Crippen LogP contribution in [0.3, 0.4) is 0 Å². The van der Waals surface area contributed by atoms with Crippen LogP contribution in [0, 0.1) is 34.0 Å². The first kappa shape index (κ1) is 22.1. The quantitative estimate of drug-likeness (QED) is 0.474. The number of aliphatic imine (C=N–C) groups is 1. The molecule has 5 aliphatic carbocycles. The van der Waals surface area contributed by atoms with Crippen LogP contribution in [0.1, 0.15) is 72.6 Å². The van der Waals surface area contributed by atoms with Gasteiger partial charge in [-0.2, -0.15) is 0 Å². The minimum absolute atomic E-state index is 0.00860. The summed E-state index contributed by atoms with van der Waals surface area (Å²) in [7, 11) is 0. The predicted octanol–water partition coefficient (Wildman–Crippen LogP) is 4.47. The third kappa shape index (κ3) is 2.83. The van der Waals surface area contributed by atoms with Gasteiger partial charge in [-0.15, -0.1) is 0 Å². The average Bonchev–Trinajstić information content (AvgIpc) is 2.72. The monoisotopic (exact) mass is 443 g/mol. The number of carbonyl (C=O) groups excluding carboxylic acids is 2. The van der Waals surface area contributed by atoms with Gasteiger partial charge in [0.2, 0.25) is 0 Å². The van der Waals surface area contributed by atoms with E-state index in [2.05, 4.69) is 19.7 Å². The molecule has 0 aromatic rings. The molecule has 9 atom stereocenters. The third-order valence-corrected chi connectivity index (χ3v) is 9.70. The van der Waals surface area contributed by atoms with E-state index >= 15 is 0 Å². The van der Waals surface area contributed by atoms with E-state index in [4.69, 9.17) is 19.2 Å². The van der Waals surface area contributed by atoms with Gasteiger partial charge in [0.25, 0.3) is 0 Å². The second-order valence-corrected chi connectivity index (χ2v) is 11.2. The fraction of sp³-hybridized carbons (Fsp3) is 0.808. The zero-order valence-electron chi connectivity index (χ0n) is 19.9. The summed E-state index contributed by atoms with van der Waals surface area (Å²) in [6, 6.07) is 0. The molecule has 0 aromatic heterocycles. The molecule has 176 valence electrons. The van der Waals surface area contributed by atoms with Gasteiger partial charge in [-0.3, -0.25) is 14.6 Å². The molecule has 6 heteroatoms. The Labute approximate surface area is 191 Å². The second-order valence-electron chi connectivity index (χ2n) is 11.2. The van der Waals surface area contributed by atoms with Gasteiger partial charge >= 0.3 is 11.9 Å². The lowest BCUT2D eigenvalue weighted by molar-refractivity contribution is -0.279. The molecule has 1 aliphatic heterocycles. The smallest absolute Gasteiger partial charge is 0.303 e. The van der Waals surface area contributed by atoms with Crippen molar-refractivity contribution in [1.29, 1.82) is 0 Å². The maximum Gasteiger partial charge on any atom is 0.303 e. The molecule has 0 unspecified atom stereocenters. The highest BCUT2D eigenvalue weighted by Crippen LogP contribution is 2.74. The van der Waals surface area contributed by atoms with Crippen molar-refractivity contribution < 1.29 is 23.8 Å². The molecule has 6 rings (SSSR count). The second kappa shape index (κ2) is 7.41. The highest BCUT2D eigenvalue weighted by Gasteiger charge is 2.75. The maximum absolute atomic E-state index is 12.4. The van der Waals surface area contributed by atoms with Crippen LogP contribution in [0.5, 0.6) is 0 Å². The summed E-state index contributed by atoms with van der Waals surface area (Å²) >= 11 is 0. The molecule has 6 aliphatic rings. The fourth-order valence-electron chi connectivity index (χ4n) is 8.84. The minimum Gasteiger partial charge on any atom is -0.458 e. The number of allylic oxidation sites excluding steroid dienone is 1. The van der Waals surface area contributed by atoms with E-state index in [9.17, 15) is 9.59 Å². The van der Waals surface area contributed by atoms with Crippen molar-refractivity contribution in [2.24, 2.45) is 39.0 Å². The van der Waals surface area contributed by atoms with E-state index in [1.165, 1.54) is 19.4 Å². The van der Waals surface area contributed by atoms with E-state index < -0.39 is 12.2 Å². The number of fused-ring (bicyclic) bond motifs is 2. The molecule has 6 nitrogen and oxygen atoms in total. The molecule has 4 bridgehead atoms. The molecule has 0 radical (unpaired) electrons. The first-order valence-electron chi connectivity index (χ1n) is 12.4. The Morgan fingerprint density at radius 3 is 2.59 bits per heavy atom. The Bertz CT molecular complexity index is 868. The van der Waals surface area contributed by atoms with E-state index in [0.29, 0.717) is 18.4 Å². The number of carbonyl (C=O) groups is 2. The molecule has 1 heterocycles. The summed E-state index contributed by atoms with van der Waals surface area (Å²) in [5.41, 5.74) is 0.560. The normalized spacial score (nSPS) is 48.6. The van der Waals surface area contributed by atoms with Gasteiger partial charge in [-0.1, -0.05) is 25.5 Å². The van der Waals surface area contributed by atoms with Gasteiger partial charge in [0.1, 0.15) is 12.2 Å². The summed E-state index contributed by atoms with van der Waals surface area (Å²) < 4.78 is 18.5. The lowest BCUT2D eigenvalue weighted by Crippen LogP contribution is -2.75. The molecule has 0 N–H and O–H groups in total. The highest BCUT2D eigenvalue weighted by atomic mass is 16.6. The molecule has 5 saturated carbocycles. The average molecular weight is 444 g/mol. The van der Waals surface area contributed by atoms with Crippen LogP contribution in [0.15, 0.2) is 17.1 Å². The first-order chi connectivity index (χ1) is 15.2. The van der Waals surface area contributed by atoms with Gasteiger partial charge in [-0.05, 0) is 57.3 Å². The van der Waals surface area contributed by atoms with E-state index in [1.54, 1.807) is 0 Å². The number of ether oxygens (including phenoxy) is 3. The maximum atomic E-state index is 12.4. The zero-order chi connectivity index (χ0) is 22.9. The van der Waals surface area contributed by atoms with Gasteiger partial charge in [0.15, 0.2) is 6.23 Å². The van der Waals surface area contributed by atoms with Crippen LogP contribution in [-0.4, -0.2) is 43.2 Å². The number of rotatable bonds is 4. The Hall–Kier alpha value is -1.69. The Morgan fingerprint density at radius 2 is 1.94 bits per heavy atom. The van der Waals surface area contributed by atoms with Crippen LogP contribution in [0.25, 0.3) is 0 Å². The fourth-order valence-corrected chi connectivity index (χ4v) is 8.84. The largest absolute Gasteiger partial charge is 0.458 e. The summed E-state index contributed by atoms with van der Waals surface area (Å²) in [5, 5.41) is 0. The topological polar surface area (TPSA) is 74.2 Å². The van der Waals surface area contributed by atoms with Crippen molar-refractivity contribution in [1.82, 2.24) is 0 Å². The van der Waals surface area contributed by atoms with Crippen LogP contribution in [0.2, 0.25) is 0 Å². The van der Waals surface area contributed by atoms with Crippen LogP contribution in [0.4, 0.5) is 0 Å². The van der Waals surface area contributed by atoms with E-state index in [1.807, 2.05) is 6.92 Å². The summed E-state index contributed by atoms with van der Waals surface area (Å²) in [5.74, 6) is 0.236. The first-order valence-corrected chi connectivity index (χ1v) is 12.4. The molecular weight excluding hydrogens is 406 g/mol. The molecule has 0 saturated heterocycles. The molecule has 0 aromatic carbocycles. The third-order valence-electron chi connectivity index (χ3n) is 9.70. The molecular formula is C26H37NO5. The van der Waals surface area contributed by atoms with Gasteiger partial charge in [-0.25, -0.2) is 0 Å². The molecule has 32 heavy (non-hydrogen) atoms. The summed E-state index contributed by atoms with van der Waals surface area (Å²) in [4.78, 5) is 29.8. The lowest BCUT2D eigenvalue weighted by Gasteiger charge is -2.72. The Morgan fingerprint density at radius 1 is 1.19 bits per heavy atom. The molecule has 1 spiro atoms.